The smallest absolute Gasteiger partial charge is 0.143 e. The van der Waals surface area contributed by atoms with Gasteiger partial charge >= 0.3 is 0 Å². The van der Waals surface area contributed by atoms with Crippen LogP contribution in [0.25, 0.3) is 77.2 Å². The molecule has 0 saturated heterocycles. The fraction of sp³-hybridized carbons (Fsp3) is 0.0545. The largest absolute Gasteiger partial charge is 0.455 e. The molecule has 0 bridgehead atoms. The molecule has 1 heterocycles. The molecule has 1 aromatic heterocycles. The molecular weight excluding hydrogens is 691 g/mol. The Morgan fingerprint density at radius 2 is 1.05 bits per heavy atom. The normalized spacial score (nSPS) is 12.9. The SMILES string of the molecule is CC1(C)c2ccccc2-c2ccc(N(c3ccc(-c4cc(-c5ccc6ccccc6c5)c5oc6ccccc6c5c4)cc3)c3ccccc3-c3ccccc3)cc21. The van der Waals surface area contributed by atoms with Crippen molar-refractivity contribution in [3.05, 3.63) is 211 Å². The molecule has 0 saturated carbocycles. The van der Waals surface area contributed by atoms with Gasteiger partial charge in [0, 0.05) is 38.7 Å². The molecule has 1 aliphatic rings. The molecule has 0 radical (unpaired) electrons. The Kier molecular flexibility index (Phi) is 7.55. The van der Waals surface area contributed by atoms with Gasteiger partial charge in [-0.3, -0.25) is 0 Å². The molecule has 9 aromatic carbocycles. The van der Waals surface area contributed by atoms with Crippen molar-refractivity contribution >= 4 is 49.8 Å². The van der Waals surface area contributed by atoms with Crippen molar-refractivity contribution in [3.63, 3.8) is 0 Å². The van der Waals surface area contributed by atoms with Crippen LogP contribution in [0, 0.1) is 0 Å². The summed E-state index contributed by atoms with van der Waals surface area (Å²) in [6.07, 6.45) is 0. The summed E-state index contributed by atoms with van der Waals surface area (Å²) in [6.45, 7) is 4.70. The molecule has 0 atom stereocenters. The summed E-state index contributed by atoms with van der Waals surface area (Å²) in [6, 6.07) is 72.7. The van der Waals surface area contributed by atoms with E-state index in [1.165, 1.54) is 44.2 Å². The van der Waals surface area contributed by atoms with Crippen LogP contribution in [0.1, 0.15) is 25.0 Å². The van der Waals surface area contributed by atoms with Crippen LogP contribution >= 0.6 is 0 Å². The first kappa shape index (κ1) is 33.2. The number of rotatable bonds is 6. The van der Waals surface area contributed by atoms with E-state index < -0.39 is 0 Å². The second-order valence-electron chi connectivity index (χ2n) is 15.7. The zero-order chi connectivity index (χ0) is 38.1. The number of fused-ring (bicyclic) bond motifs is 7. The monoisotopic (exact) mass is 729 g/mol. The van der Waals surface area contributed by atoms with Gasteiger partial charge in [-0.25, -0.2) is 0 Å². The lowest BCUT2D eigenvalue weighted by Gasteiger charge is -2.30. The zero-order valence-electron chi connectivity index (χ0n) is 31.9. The highest BCUT2D eigenvalue weighted by Gasteiger charge is 2.36. The molecular formula is C55H39NO. The third kappa shape index (κ3) is 5.40. The van der Waals surface area contributed by atoms with Gasteiger partial charge in [-0.2, -0.15) is 0 Å². The van der Waals surface area contributed by atoms with Crippen molar-refractivity contribution in [3.8, 4) is 44.5 Å². The van der Waals surface area contributed by atoms with Crippen molar-refractivity contribution in [2.24, 2.45) is 0 Å². The van der Waals surface area contributed by atoms with Gasteiger partial charge in [0.1, 0.15) is 11.2 Å². The minimum Gasteiger partial charge on any atom is -0.455 e. The molecule has 0 unspecified atom stereocenters. The van der Waals surface area contributed by atoms with E-state index in [4.69, 9.17) is 4.42 Å². The maximum absolute atomic E-state index is 6.60. The minimum atomic E-state index is -0.116. The molecule has 57 heavy (non-hydrogen) atoms. The Bertz CT molecular complexity index is 3150. The molecule has 1 aliphatic carbocycles. The summed E-state index contributed by atoms with van der Waals surface area (Å²) in [5, 5.41) is 4.68. The number of hydrogen-bond donors (Lipinski definition) is 0. The molecule has 0 fully saturated rings. The van der Waals surface area contributed by atoms with Crippen molar-refractivity contribution in [1.82, 2.24) is 0 Å². The molecule has 0 aliphatic heterocycles. The maximum Gasteiger partial charge on any atom is 0.143 e. The predicted molar refractivity (Wildman–Crippen MR) is 240 cm³/mol. The standard InChI is InChI=1S/C55H39NO/c1-55(2)50-21-11-8-19-45(50)46-31-30-43(35-51(46)55)56(52-22-12-9-18-44(52)38-15-4-3-5-16-38)42-28-26-37(27-29-42)41-33-48(40-25-24-36-14-6-7-17-39(36)32-40)54-49(34-41)47-20-10-13-23-53(47)57-54/h3-35H,1-2H3. The Morgan fingerprint density at radius 1 is 0.386 bits per heavy atom. The van der Waals surface area contributed by atoms with Gasteiger partial charge in [0.25, 0.3) is 0 Å². The van der Waals surface area contributed by atoms with E-state index in [0.717, 1.165) is 61.3 Å². The zero-order valence-corrected chi connectivity index (χ0v) is 31.9. The summed E-state index contributed by atoms with van der Waals surface area (Å²) < 4.78 is 6.60. The van der Waals surface area contributed by atoms with Crippen LogP contribution in [0.3, 0.4) is 0 Å². The van der Waals surface area contributed by atoms with E-state index in [1.807, 2.05) is 6.07 Å². The maximum atomic E-state index is 6.60. The Morgan fingerprint density at radius 3 is 1.91 bits per heavy atom. The van der Waals surface area contributed by atoms with Crippen LogP contribution in [0.2, 0.25) is 0 Å². The molecule has 0 amide bonds. The van der Waals surface area contributed by atoms with Gasteiger partial charge < -0.3 is 9.32 Å². The summed E-state index contributed by atoms with van der Waals surface area (Å²) in [7, 11) is 0. The first-order valence-corrected chi connectivity index (χ1v) is 19.8. The average Bonchev–Trinajstić information content (AvgIpc) is 3.75. The summed E-state index contributed by atoms with van der Waals surface area (Å²) in [4.78, 5) is 2.43. The van der Waals surface area contributed by atoms with E-state index in [1.54, 1.807) is 0 Å². The highest BCUT2D eigenvalue weighted by Crippen LogP contribution is 2.51. The highest BCUT2D eigenvalue weighted by molar-refractivity contribution is 6.12. The fourth-order valence-electron chi connectivity index (χ4n) is 9.16. The van der Waals surface area contributed by atoms with Crippen LogP contribution in [0.4, 0.5) is 17.1 Å². The quantitative estimate of drug-likeness (QED) is 0.169. The van der Waals surface area contributed by atoms with Gasteiger partial charge in [0.15, 0.2) is 0 Å². The summed E-state index contributed by atoms with van der Waals surface area (Å²) in [5.74, 6) is 0. The van der Waals surface area contributed by atoms with Gasteiger partial charge in [0.2, 0.25) is 0 Å². The van der Waals surface area contributed by atoms with Crippen LogP contribution in [0.15, 0.2) is 205 Å². The van der Waals surface area contributed by atoms with Gasteiger partial charge in [0.05, 0.1) is 5.69 Å². The van der Waals surface area contributed by atoms with Crippen LogP contribution in [0.5, 0.6) is 0 Å². The molecule has 270 valence electrons. The highest BCUT2D eigenvalue weighted by atomic mass is 16.3. The van der Waals surface area contributed by atoms with Gasteiger partial charge in [-0.1, -0.05) is 159 Å². The Labute approximate surface area is 332 Å². The minimum absolute atomic E-state index is 0.116. The van der Waals surface area contributed by atoms with Crippen LogP contribution < -0.4 is 4.90 Å². The van der Waals surface area contributed by atoms with E-state index >= 15 is 0 Å². The predicted octanol–water partition coefficient (Wildman–Crippen LogP) is 15.5. The summed E-state index contributed by atoms with van der Waals surface area (Å²) in [5.41, 5.74) is 17.3. The summed E-state index contributed by atoms with van der Waals surface area (Å²) >= 11 is 0. The fourth-order valence-corrected chi connectivity index (χ4v) is 9.16. The lowest BCUT2D eigenvalue weighted by atomic mass is 9.82. The topological polar surface area (TPSA) is 16.4 Å². The van der Waals surface area contributed by atoms with Gasteiger partial charge in [-0.05, 0) is 110 Å². The molecule has 0 N–H and O–H groups in total. The number of anilines is 3. The number of para-hydroxylation sites is 2. The van der Waals surface area contributed by atoms with Crippen molar-refractivity contribution in [1.29, 1.82) is 0 Å². The molecule has 2 nitrogen and oxygen atoms in total. The van der Waals surface area contributed by atoms with Crippen LogP contribution in [-0.4, -0.2) is 0 Å². The van der Waals surface area contributed by atoms with Crippen LogP contribution in [-0.2, 0) is 5.41 Å². The second kappa shape index (κ2) is 13.0. The number of hydrogen-bond acceptors (Lipinski definition) is 2. The van der Waals surface area contributed by atoms with E-state index in [-0.39, 0.29) is 5.41 Å². The first-order valence-electron chi connectivity index (χ1n) is 19.8. The van der Waals surface area contributed by atoms with Crippen molar-refractivity contribution < 1.29 is 4.42 Å². The lowest BCUT2D eigenvalue weighted by molar-refractivity contribution is 0.660. The number of nitrogens with zero attached hydrogens (tertiary/aromatic N) is 1. The molecule has 0 spiro atoms. The molecule has 2 heteroatoms. The number of benzene rings is 9. The second-order valence-corrected chi connectivity index (χ2v) is 15.7. The average molecular weight is 730 g/mol. The third-order valence-corrected chi connectivity index (χ3v) is 12.1. The third-order valence-electron chi connectivity index (χ3n) is 12.1. The lowest BCUT2D eigenvalue weighted by Crippen LogP contribution is -2.16. The van der Waals surface area contributed by atoms with Crippen molar-refractivity contribution in [2.45, 2.75) is 19.3 Å². The van der Waals surface area contributed by atoms with E-state index in [2.05, 4.69) is 213 Å². The Balaban J connectivity index is 1.07. The van der Waals surface area contributed by atoms with E-state index in [0.29, 0.717) is 0 Å². The Hall–Kier alpha value is -7.16. The number of furan rings is 1. The molecule has 10 aromatic rings. The van der Waals surface area contributed by atoms with E-state index in [9.17, 15) is 0 Å². The van der Waals surface area contributed by atoms with Crippen molar-refractivity contribution in [2.75, 3.05) is 4.90 Å². The van der Waals surface area contributed by atoms with Gasteiger partial charge in [-0.15, -0.1) is 0 Å². The molecule has 11 rings (SSSR count). The first-order chi connectivity index (χ1) is 28.0.